The Labute approximate surface area is 137 Å². The van der Waals surface area contributed by atoms with Crippen molar-refractivity contribution in [3.8, 4) is 29.8 Å². The van der Waals surface area contributed by atoms with Gasteiger partial charge in [-0.25, -0.2) is 0 Å². The van der Waals surface area contributed by atoms with E-state index in [9.17, 15) is 0 Å². The van der Waals surface area contributed by atoms with E-state index in [-0.39, 0.29) is 67.1 Å². The van der Waals surface area contributed by atoms with E-state index < -0.39 is 10.7 Å². The quantitative estimate of drug-likeness (QED) is 0.403. The molecular formula is C6Ag3FeN6. The smallest absolute Gasteiger partial charge is 1.00 e. The molecule has 0 aromatic rings. The second-order valence-electron chi connectivity index (χ2n) is 1.80. The molecule has 0 aliphatic carbocycles. The SMILES string of the molecule is N#[C][Fe-3]([C]#N)([C]#N)([C]#N)([C]#N)[C]#N.[Ag+].[Ag+].[Ag+]. The van der Waals surface area contributed by atoms with Crippen LogP contribution in [-0.2, 0) is 77.9 Å². The number of nitriles is 6. The summed E-state index contributed by atoms with van der Waals surface area (Å²) < 4.78 is 0. The normalized spacial score (nSPS) is 10.9. The minimum atomic E-state index is -6.17. The van der Waals surface area contributed by atoms with Gasteiger partial charge in [0.2, 0.25) is 0 Å². The Kier molecular flexibility index (Phi) is 9.95. The summed E-state index contributed by atoms with van der Waals surface area (Å²) in [4.78, 5) is 6.19. The van der Waals surface area contributed by atoms with Gasteiger partial charge in [-0.3, -0.25) is 0 Å². The molecule has 0 saturated carbocycles. The van der Waals surface area contributed by atoms with E-state index >= 15 is 0 Å². The molecular weight excluding hydrogens is 536 g/mol. The van der Waals surface area contributed by atoms with Crippen LogP contribution in [0.25, 0.3) is 0 Å². The van der Waals surface area contributed by atoms with Crippen molar-refractivity contribution in [2.45, 2.75) is 0 Å². The Balaban J connectivity index is -0.000000240. The first kappa shape index (κ1) is 24.8. The van der Waals surface area contributed by atoms with Crippen LogP contribution in [0.4, 0.5) is 0 Å². The largest absolute Gasteiger partial charge is 1.00 e. The van der Waals surface area contributed by atoms with Crippen LogP contribution >= 0.6 is 0 Å². The van der Waals surface area contributed by atoms with Crippen LogP contribution < -0.4 is 0 Å². The zero-order valence-electron chi connectivity index (χ0n) is 6.94. The molecule has 0 aromatic carbocycles. The Morgan fingerprint density at radius 3 is 0.562 bits per heavy atom. The zero-order chi connectivity index (χ0) is 10.7. The van der Waals surface area contributed by atoms with Gasteiger partial charge < -0.3 is 0 Å². The molecule has 0 N–H and O–H groups in total. The third-order valence-corrected chi connectivity index (χ3v) is 4.89. The second-order valence-corrected chi connectivity index (χ2v) is 7.42. The molecule has 0 unspecified atom stereocenters. The molecule has 0 saturated heterocycles. The van der Waals surface area contributed by atoms with Gasteiger partial charge in [-0.05, 0) is 0 Å². The van der Waals surface area contributed by atoms with Crippen molar-refractivity contribution >= 4 is 0 Å². The topological polar surface area (TPSA) is 143 Å². The minimum absolute atomic E-state index is 0. The van der Waals surface area contributed by atoms with Crippen LogP contribution in [0.15, 0.2) is 0 Å². The van der Waals surface area contributed by atoms with E-state index in [4.69, 9.17) is 31.6 Å². The van der Waals surface area contributed by atoms with Gasteiger partial charge in [0, 0.05) is 0 Å². The average Bonchev–Trinajstić information content (AvgIpc) is 2.26. The molecule has 0 fully saturated rings. The molecule has 0 aromatic heterocycles. The van der Waals surface area contributed by atoms with Gasteiger partial charge in [0.05, 0.1) is 0 Å². The summed E-state index contributed by atoms with van der Waals surface area (Å²) >= 11 is 0. The number of hydrogen-bond acceptors (Lipinski definition) is 6. The fourth-order valence-corrected chi connectivity index (χ4v) is 1.09. The van der Waals surface area contributed by atoms with Gasteiger partial charge in [-0.1, -0.05) is 0 Å². The van der Waals surface area contributed by atoms with Crippen molar-refractivity contribution in [3.63, 3.8) is 0 Å². The van der Waals surface area contributed by atoms with Gasteiger partial charge in [-0.15, -0.1) is 0 Å². The number of rotatable bonds is 0. The summed E-state index contributed by atoms with van der Waals surface area (Å²) in [6.45, 7) is 0. The average molecular weight is 536 g/mol. The molecule has 0 aliphatic rings. The monoisotopic (exact) mass is 533 g/mol. The Bertz CT molecular complexity index is 398. The number of hydrogen-bond donors (Lipinski definition) is 0. The second kappa shape index (κ2) is 6.42. The summed E-state index contributed by atoms with van der Waals surface area (Å²) in [6, 6.07) is 0. The fourth-order valence-electron chi connectivity index (χ4n) is 0.265. The van der Waals surface area contributed by atoms with Crippen molar-refractivity contribution < 1.29 is 77.9 Å². The Hall–Kier alpha value is -0.320. The first-order chi connectivity index (χ1) is 5.97. The van der Waals surface area contributed by atoms with Gasteiger partial charge in [0.1, 0.15) is 0 Å². The summed E-state index contributed by atoms with van der Waals surface area (Å²) in [5.41, 5.74) is 0. The molecule has 0 heterocycles. The van der Waals surface area contributed by atoms with E-state index in [1.165, 1.54) is 0 Å². The third-order valence-electron chi connectivity index (χ3n) is 1.19. The molecule has 0 rings (SSSR count). The van der Waals surface area contributed by atoms with Crippen molar-refractivity contribution in [2.24, 2.45) is 0 Å². The zero-order valence-corrected chi connectivity index (χ0v) is 12.5. The van der Waals surface area contributed by atoms with Gasteiger partial charge in [0.25, 0.3) is 0 Å². The van der Waals surface area contributed by atoms with Crippen LogP contribution in [0, 0.1) is 61.4 Å². The number of nitrogens with zero attached hydrogens (tertiary/aromatic N) is 6. The minimum Gasteiger partial charge on any atom is 1.00 e. The van der Waals surface area contributed by atoms with Gasteiger partial charge >= 0.3 is 139 Å². The van der Waals surface area contributed by atoms with Crippen LogP contribution in [0.2, 0.25) is 0 Å². The molecule has 16 heavy (non-hydrogen) atoms. The third kappa shape index (κ3) is 2.50. The van der Waals surface area contributed by atoms with Crippen LogP contribution in [-0.4, -0.2) is 0 Å². The Morgan fingerprint density at radius 2 is 0.562 bits per heavy atom. The van der Waals surface area contributed by atoms with Crippen molar-refractivity contribution in [1.29, 1.82) is 31.6 Å². The maximum Gasteiger partial charge on any atom is 1.00 e. The van der Waals surface area contributed by atoms with Crippen molar-refractivity contribution in [2.75, 3.05) is 0 Å². The van der Waals surface area contributed by atoms with Crippen LogP contribution in [0.5, 0.6) is 0 Å². The van der Waals surface area contributed by atoms with E-state index in [1.54, 1.807) is 0 Å². The van der Waals surface area contributed by atoms with E-state index in [2.05, 4.69) is 0 Å². The van der Waals surface area contributed by atoms with Crippen molar-refractivity contribution in [1.82, 2.24) is 0 Å². The molecule has 10 heteroatoms. The molecule has 0 aliphatic heterocycles. The molecule has 0 radical (unpaired) electrons. The summed E-state index contributed by atoms with van der Waals surface area (Å²) in [5, 5.41) is 51.5. The maximum atomic E-state index is 8.58. The summed E-state index contributed by atoms with van der Waals surface area (Å²) in [5.74, 6) is 0. The molecule has 0 amide bonds. The predicted octanol–water partition coefficient (Wildman–Crippen LogP) is 0.0907. The van der Waals surface area contributed by atoms with Crippen LogP contribution in [0.1, 0.15) is 0 Å². The standard InChI is InChI=1S/6CN.3Ag.Fe/c6*1-2;;;;/q;;;;;;3*+1;-3. The fraction of sp³-hybridized carbons (Fsp3) is 0. The molecule has 0 bridgehead atoms. The van der Waals surface area contributed by atoms with E-state index in [1.807, 2.05) is 0 Å². The van der Waals surface area contributed by atoms with E-state index in [0.717, 1.165) is 29.8 Å². The molecule has 6 nitrogen and oxygen atoms in total. The molecule has 0 atom stereocenters. The summed E-state index contributed by atoms with van der Waals surface area (Å²) in [6.07, 6.45) is 0. The first-order valence-electron chi connectivity index (χ1n) is 2.40. The van der Waals surface area contributed by atoms with Gasteiger partial charge in [-0.2, -0.15) is 0 Å². The molecule has 95 valence electrons. The first-order valence-corrected chi connectivity index (χ1v) is 5.71. The predicted molar refractivity (Wildman–Crippen MR) is 33.7 cm³/mol. The van der Waals surface area contributed by atoms with E-state index in [0.29, 0.717) is 0 Å². The van der Waals surface area contributed by atoms with Crippen molar-refractivity contribution in [3.05, 3.63) is 0 Å². The maximum absolute atomic E-state index is 8.58. The summed E-state index contributed by atoms with van der Waals surface area (Å²) in [7, 11) is -6.17. The Morgan fingerprint density at radius 1 is 0.438 bits per heavy atom. The molecule has 0 spiro atoms. The van der Waals surface area contributed by atoms with Crippen LogP contribution in [0.3, 0.4) is 0 Å². The van der Waals surface area contributed by atoms with Gasteiger partial charge in [0.15, 0.2) is 0 Å².